The van der Waals surface area contributed by atoms with Crippen molar-refractivity contribution in [2.45, 2.75) is 0 Å². The van der Waals surface area contributed by atoms with Crippen LogP contribution in [0.15, 0.2) is 60.7 Å². The molecule has 0 heterocycles. The predicted octanol–water partition coefficient (Wildman–Crippen LogP) is 5.80. The summed E-state index contributed by atoms with van der Waals surface area (Å²) < 4.78 is 0. The van der Waals surface area contributed by atoms with Crippen LogP contribution in [0.4, 0.5) is 0 Å². The summed E-state index contributed by atoms with van der Waals surface area (Å²) in [5, 5.41) is 0. The van der Waals surface area contributed by atoms with Crippen LogP contribution in [0, 0.1) is 77.2 Å². The minimum Gasteiger partial charge on any atom is -0.366 e. The first-order chi connectivity index (χ1) is 12.4. The van der Waals surface area contributed by atoms with Crippen LogP contribution in [0.25, 0.3) is 5.57 Å². The Labute approximate surface area is 176 Å². The second kappa shape index (κ2) is 14.9. The summed E-state index contributed by atoms with van der Waals surface area (Å²) >= 11 is 0. The summed E-state index contributed by atoms with van der Waals surface area (Å²) in [6.07, 6.45) is 23.3. The van der Waals surface area contributed by atoms with Crippen molar-refractivity contribution in [2.75, 3.05) is 0 Å². The van der Waals surface area contributed by atoms with E-state index in [1.165, 1.54) is 0 Å². The topological polar surface area (TPSA) is 0 Å². The van der Waals surface area contributed by atoms with Gasteiger partial charge in [0.1, 0.15) is 0 Å². The van der Waals surface area contributed by atoms with Gasteiger partial charge in [0.25, 0.3) is 0 Å². The van der Waals surface area contributed by atoms with Crippen LogP contribution in [-0.4, -0.2) is 0 Å². The van der Waals surface area contributed by atoms with Gasteiger partial charge in [0.05, 0.1) is 0 Å². The summed E-state index contributed by atoms with van der Waals surface area (Å²) in [7, 11) is 0. The van der Waals surface area contributed by atoms with Crippen LogP contribution in [0.2, 0.25) is 0 Å². The molecule has 0 atom stereocenters. The minimum atomic E-state index is 0. The molecule has 10 radical (unpaired) electrons. The molecule has 126 valence electrons. The third-order valence-electron chi connectivity index (χ3n) is 3.30. The van der Waals surface area contributed by atoms with E-state index in [1.54, 1.807) is 0 Å². The maximum atomic E-state index is 4.01. The molecule has 2 aliphatic rings. The Hall–Kier alpha value is -1.24. The molecule has 2 aliphatic carbocycles. The predicted molar refractivity (Wildman–Crippen MR) is 107 cm³/mol. The van der Waals surface area contributed by atoms with E-state index in [0.29, 0.717) is 0 Å². The SMILES string of the molecule is [CH2-]C(=[C-]c1ccccc1)c1ccccc1.[CH]1[CH][CH][CH][CH]1.[CH]1[CH][CH][CH][CH]1.[Ti+2]. The smallest absolute Gasteiger partial charge is 0.366 e. The summed E-state index contributed by atoms with van der Waals surface area (Å²) in [6, 6.07) is 20.1. The third-order valence-corrected chi connectivity index (χ3v) is 3.30. The van der Waals surface area contributed by atoms with Crippen LogP contribution in [-0.2, 0) is 21.7 Å². The molecule has 0 N–H and O–H groups in total. The van der Waals surface area contributed by atoms with Crippen molar-refractivity contribution >= 4 is 5.57 Å². The first kappa shape index (κ1) is 22.8. The van der Waals surface area contributed by atoms with E-state index in [0.717, 1.165) is 16.7 Å². The van der Waals surface area contributed by atoms with Gasteiger partial charge in [-0.05, 0) is 64.2 Å². The number of rotatable bonds is 2. The third kappa shape index (κ3) is 10.0. The van der Waals surface area contributed by atoms with Gasteiger partial charge in [0.15, 0.2) is 0 Å². The molecule has 0 nitrogen and oxygen atoms in total. The van der Waals surface area contributed by atoms with Crippen molar-refractivity contribution < 1.29 is 21.7 Å². The zero-order valence-electron chi connectivity index (χ0n) is 14.8. The number of hydrogen-bond acceptors (Lipinski definition) is 0. The van der Waals surface area contributed by atoms with E-state index in [9.17, 15) is 0 Å². The van der Waals surface area contributed by atoms with Gasteiger partial charge in [-0.2, -0.15) is 12.1 Å². The molecule has 26 heavy (non-hydrogen) atoms. The first-order valence-electron chi connectivity index (χ1n) is 8.26. The molecule has 0 bridgehead atoms. The van der Waals surface area contributed by atoms with Gasteiger partial charge in [-0.1, -0.05) is 48.5 Å². The maximum absolute atomic E-state index is 4.01. The van der Waals surface area contributed by atoms with E-state index in [-0.39, 0.29) is 21.7 Å². The quantitative estimate of drug-likeness (QED) is 0.356. The standard InChI is InChI=1S/C15H12.2C5H5.Ti/c1-13(15-10-6-3-7-11-15)12-14-8-4-2-5-9-14;2*1-2-4-5-3-1;/h2-11H,1H2;2*1-5H;/q-2;;;+2. The maximum Gasteiger partial charge on any atom is 2.00 e. The van der Waals surface area contributed by atoms with E-state index < -0.39 is 0 Å². The Balaban J connectivity index is 0.000000251. The summed E-state index contributed by atoms with van der Waals surface area (Å²) in [6.45, 7) is 4.01. The molecule has 1 heteroatoms. The fourth-order valence-electron chi connectivity index (χ4n) is 2.05. The molecular weight excluding hydrogens is 348 g/mol. The molecule has 2 saturated carbocycles. The van der Waals surface area contributed by atoms with Crippen LogP contribution in [0.3, 0.4) is 0 Å². The van der Waals surface area contributed by atoms with E-state index >= 15 is 0 Å². The molecule has 0 spiro atoms. The number of hydrogen-bond donors (Lipinski definition) is 0. The number of benzene rings is 2. The van der Waals surface area contributed by atoms with E-state index in [4.69, 9.17) is 0 Å². The Morgan fingerprint density at radius 2 is 0.885 bits per heavy atom. The Kier molecular flexibility index (Phi) is 13.1. The average molecular weight is 370 g/mol. The minimum absolute atomic E-state index is 0. The molecule has 2 aromatic carbocycles. The molecule has 0 unspecified atom stereocenters. The van der Waals surface area contributed by atoms with Gasteiger partial charge in [-0.25, -0.2) is 5.56 Å². The molecule has 0 amide bonds. The fraction of sp³-hybridized carbons (Fsp3) is 0. The van der Waals surface area contributed by atoms with Gasteiger partial charge >= 0.3 is 21.7 Å². The van der Waals surface area contributed by atoms with Crippen molar-refractivity contribution in [1.29, 1.82) is 0 Å². The molecular formula is C25H22Ti. The van der Waals surface area contributed by atoms with Gasteiger partial charge in [0.2, 0.25) is 0 Å². The summed E-state index contributed by atoms with van der Waals surface area (Å²) in [4.78, 5) is 0. The molecule has 2 fully saturated rings. The van der Waals surface area contributed by atoms with Crippen molar-refractivity contribution in [3.8, 4) is 0 Å². The molecule has 0 aromatic heterocycles. The summed E-state index contributed by atoms with van der Waals surface area (Å²) in [5.41, 5.74) is 3.09. The van der Waals surface area contributed by atoms with Gasteiger partial charge in [0, 0.05) is 0 Å². The normalized spacial score (nSPS) is 15.8. The van der Waals surface area contributed by atoms with Gasteiger partial charge < -0.3 is 18.6 Å². The van der Waals surface area contributed by atoms with Gasteiger partial charge in [-0.3, -0.25) is 0 Å². The monoisotopic (exact) mass is 370 g/mol. The van der Waals surface area contributed by atoms with E-state index in [1.807, 2.05) is 125 Å². The molecule has 0 aliphatic heterocycles. The summed E-state index contributed by atoms with van der Waals surface area (Å²) in [5.74, 6) is 0. The Bertz CT molecular complexity index is 553. The van der Waals surface area contributed by atoms with Crippen LogP contribution >= 0.6 is 0 Å². The zero-order valence-corrected chi connectivity index (χ0v) is 16.3. The van der Waals surface area contributed by atoms with Crippen LogP contribution in [0.5, 0.6) is 0 Å². The van der Waals surface area contributed by atoms with Gasteiger partial charge in [-0.15, -0.1) is 5.56 Å². The Morgan fingerprint density at radius 3 is 1.27 bits per heavy atom. The molecule has 0 saturated heterocycles. The van der Waals surface area contributed by atoms with Crippen molar-refractivity contribution in [1.82, 2.24) is 0 Å². The second-order valence-corrected chi connectivity index (χ2v) is 5.26. The number of allylic oxidation sites excluding steroid dienone is 1. The van der Waals surface area contributed by atoms with Crippen LogP contribution in [0.1, 0.15) is 11.1 Å². The van der Waals surface area contributed by atoms with Crippen LogP contribution < -0.4 is 0 Å². The zero-order chi connectivity index (χ0) is 17.6. The Morgan fingerprint density at radius 1 is 0.538 bits per heavy atom. The largest absolute Gasteiger partial charge is 2.00 e. The van der Waals surface area contributed by atoms with Crippen molar-refractivity contribution in [3.63, 3.8) is 0 Å². The first-order valence-corrected chi connectivity index (χ1v) is 8.26. The van der Waals surface area contributed by atoms with Crippen molar-refractivity contribution in [2.24, 2.45) is 0 Å². The van der Waals surface area contributed by atoms with E-state index in [2.05, 4.69) is 13.0 Å². The molecule has 4 rings (SSSR count). The fourth-order valence-corrected chi connectivity index (χ4v) is 2.05. The van der Waals surface area contributed by atoms with Crippen molar-refractivity contribution in [3.05, 3.63) is 149 Å². The second-order valence-electron chi connectivity index (χ2n) is 5.26. The molecule has 2 aromatic rings. The average Bonchev–Trinajstić information content (AvgIpc) is 3.42.